The van der Waals surface area contributed by atoms with Gasteiger partial charge in [0.05, 0.1) is 19.9 Å². The molecule has 0 aliphatic rings. The van der Waals surface area contributed by atoms with Crippen LogP contribution in [0.25, 0.3) is 10.6 Å². The fourth-order valence-electron chi connectivity index (χ4n) is 2.19. The number of nitrogens with one attached hydrogen (secondary N) is 1. The molecule has 7 heteroatoms. The summed E-state index contributed by atoms with van der Waals surface area (Å²) in [6.07, 6.45) is 0.742. The zero-order valence-corrected chi connectivity index (χ0v) is 15.2. The van der Waals surface area contributed by atoms with Crippen LogP contribution in [0.2, 0.25) is 0 Å². The lowest BCUT2D eigenvalue weighted by Gasteiger charge is -2.08. The molecule has 2 aromatic rings. The van der Waals surface area contributed by atoms with Gasteiger partial charge in [-0.05, 0) is 38.5 Å². The Hall–Kier alpha value is -2.12. The number of ether oxygens (including phenoxy) is 2. The van der Waals surface area contributed by atoms with Crippen LogP contribution in [0.5, 0.6) is 11.5 Å². The van der Waals surface area contributed by atoms with Crippen LogP contribution in [0.4, 0.5) is 0 Å². The van der Waals surface area contributed by atoms with Crippen molar-refractivity contribution in [3.63, 3.8) is 0 Å². The molecule has 0 spiro atoms. The van der Waals surface area contributed by atoms with Crippen LogP contribution in [0.15, 0.2) is 18.2 Å². The van der Waals surface area contributed by atoms with Gasteiger partial charge in [-0.15, -0.1) is 11.3 Å². The summed E-state index contributed by atoms with van der Waals surface area (Å²) in [6, 6.07) is 5.65. The summed E-state index contributed by atoms with van der Waals surface area (Å²) in [4.78, 5) is 17.4. The first-order valence-electron chi connectivity index (χ1n) is 7.69. The molecule has 0 saturated carbocycles. The second kappa shape index (κ2) is 8.12. The van der Waals surface area contributed by atoms with Gasteiger partial charge in [0, 0.05) is 18.2 Å². The molecule has 0 saturated heterocycles. The normalized spacial score (nSPS) is 11.9. The van der Waals surface area contributed by atoms with Crippen molar-refractivity contribution in [2.75, 3.05) is 20.8 Å². The smallest absolute Gasteiger partial charge is 0.263 e. The maximum Gasteiger partial charge on any atom is 0.263 e. The molecule has 2 rings (SSSR count). The van der Waals surface area contributed by atoms with Gasteiger partial charge in [-0.3, -0.25) is 4.79 Å². The minimum absolute atomic E-state index is 0.0650. The average molecular weight is 349 g/mol. The number of amides is 1. The molecular weight excluding hydrogens is 326 g/mol. The van der Waals surface area contributed by atoms with E-state index in [4.69, 9.17) is 15.2 Å². The number of nitrogens with zero attached hydrogens (tertiary/aromatic N) is 1. The van der Waals surface area contributed by atoms with E-state index < -0.39 is 0 Å². The molecule has 6 nitrogen and oxygen atoms in total. The molecule has 1 unspecified atom stereocenters. The number of carbonyl (C=O) groups excluding carboxylic acids is 1. The molecule has 0 fully saturated rings. The van der Waals surface area contributed by atoms with E-state index in [2.05, 4.69) is 10.3 Å². The third-order valence-corrected chi connectivity index (χ3v) is 4.72. The predicted octanol–water partition coefficient (Wildman–Crippen LogP) is 2.60. The molecule has 0 radical (unpaired) electrons. The number of benzene rings is 1. The summed E-state index contributed by atoms with van der Waals surface area (Å²) in [5, 5.41) is 3.65. The van der Waals surface area contributed by atoms with Crippen molar-refractivity contribution >= 4 is 17.2 Å². The molecule has 1 aromatic carbocycles. The number of hydrogen-bond donors (Lipinski definition) is 2. The molecule has 0 aliphatic heterocycles. The number of aryl methyl sites for hydroxylation is 1. The molecule has 24 heavy (non-hydrogen) atoms. The molecule has 1 atom stereocenters. The maximum atomic E-state index is 12.3. The lowest BCUT2D eigenvalue weighted by Crippen LogP contribution is -2.28. The van der Waals surface area contributed by atoms with Crippen LogP contribution in [0.1, 0.15) is 28.7 Å². The number of rotatable bonds is 7. The van der Waals surface area contributed by atoms with Gasteiger partial charge < -0.3 is 20.5 Å². The van der Waals surface area contributed by atoms with Crippen LogP contribution in [0.3, 0.4) is 0 Å². The molecule has 3 N–H and O–H groups in total. The van der Waals surface area contributed by atoms with E-state index in [1.165, 1.54) is 11.3 Å². The number of thiazole rings is 1. The highest BCUT2D eigenvalue weighted by atomic mass is 32.1. The SMILES string of the molecule is COc1ccc(-c2nc(C)c(C(=O)NCCC(C)N)s2)cc1OC. The fraction of sp³-hybridized carbons (Fsp3) is 0.412. The maximum absolute atomic E-state index is 12.3. The molecule has 0 aliphatic carbocycles. The quantitative estimate of drug-likeness (QED) is 0.802. The summed E-state index contributed by atoms with van der Waals surface area (Å²) < 4.78 is 10.6. The predicted molar refractivity (Wildman–Crippen MR) is 96.0 cm³/mol. The Kier molecular flexibility index (Phi) is 6.16. The van der Waals surface area contributed by atoms with Crippen molar-refractivity contribution in [3.05, 3.63) is 28.8 Å². The molecule has 130 valence electrons. The summed E-state index contributed by atoms with van der Waals surface area (Å²) in [6.45, 7) is 4.31. The minimum Gasteiger partial charge on any atom is -0.493 e. The van der Waals surface area contributed by atoms with Crippen molar-refractivity contribution in [3.8, 4) is 22.1 Å². The Morgan fingerprint density at radius 1 is 1.33 bits per heavy atom. The van der Waals surface area contributed by atoms with Crippen molar-refractivity contribution in [1.82, 2.24) is 10.3 Å². The highest BCUT2D eigenvalue weighted by molar-refractivity contribution is 7.17. The van der Waals surface area contributed by atoms with Gasteiger partial charge in [-0.2, -0.15) is 0 Å². The second-order valence-electron chi connectivity index (χ2n) is 5.53. The number of carbonyl (C=O) groups is 1. The van der Waals surface area contributed by atoms with E-state index in [-0.39, 0.29) is 11.9 Å². The summed E-state index contributed by atoms with van der Waals surface area (Å²) in [5.74, 6) is 1.17. The topological polar surface area (TPSA) is 86.5 Å². The standard InChI is InChI=1S/C17H23N3O3S/c1-10(18)7-8-19-16(21)15-11(2)20-17(24-15)12-5-6-13(22-3)14(9-12)23-4/h5-6,9-10H,7-8,18H2,1-4H3,(H,19,21). The van der Waals surface area contributed by atoms with Gasteiger partial charge in [0.25, 0.3) is 5.91 Å². The van der Waals surface area contributed by atoms with E-state index in [1.54, 1.807) is 14.2 Å². The van der Waals surface area contributed by atoms with Crippen molar-refractivity contribution in [1.29, 1.82) is 0 Å². The third kappa shape index (κ3) is 4.24. The van der Waals surface area contributed by atoms with E-state index in [9.17, 15) is 4.79 Å². The number of aromatic nitrogens is 1. The summed E-state index contributed by atoms with van der Waals surface area (Å²) in [5.41, 5.74) is 7.29. The zero-order valence-electron chi connectivity index (χ0n) is 14.4. The minimum atomic E-state index is -0.114. The Balaban J connectivity index is 2.20. The molecule has 1 amide bonds. The zero-order chi connectivity index (χ0) is 17.7. The lowest BCUT2D eigenvalue weighted by atomic mass is 10.2. The van der Waals surface area contributed by atoms with Gasteiger partial charge in [0.2, 0.25) is 0 Å². The van der Waals surface area contributed by atoms with Crippen LogP contribution in [0, 0.1) is 6.92 Å². The highest BCUT2D eigenvalue weighted by Gasteiger charge is 2.17. The molecule has 1 heterocycles. The average Bonchev–Trinajstić information content (AvgIpc) is 2.95. The van der Waals surface area contributed by atoms with Crippen LogP contribution >= 0.6 is 11.3 Å². The molecular formula is C17H23N3O3S. The van der Waals surface area contributed by atoms with Gasteiger partial charge >= 0.3 is 0 Å². The third-order valence-electron chi connectivity index (χ3n) is 3.52. The monoisotopic (exact) mass is 349 g/mol. The van der Waals surface area contributed by atoms with Crippen LogP contribution in [-0.4, -0.2) is 37.7 Å². The Morgan fingerprint density at radius 2 is 2.04 bits per heavy atom. The van der Waals surface area contributed by atoms with Crippen molar-refractivity contribution < 1.29 is 14.3 Å². The van der Waals surface area contributed by atoms with Crippen molar-refractivity contribution in [2.24, 2.45) is 5.73 Å². The van der Waals surface area contributed by atoms with Crippen LogP contribution in [-0.2, 0) is 0 Å². The second-order valence-corrected chi connectivity index (χ2v) is 6.52. The van der Waals surface area contributed by atoms with E-state index >= 15 is 0 Å². The number of hydrogen-bond acceptors (Lipinski definition) is 6. The molecule has 0 bridgehead atoms. The first-order chi connectivity index (χ1) is 11.5. The molecule has 1 aromatic heterocycles. The van der Waals surface area contributed by atoms with Gasteiger partial charge in [-0.25, -0.2) is 4.98 Å². The number of methoxy groups -OCH3 is 2. The Bertz CT molecular complexity index is 713. The fourth-order valence-corrected chi connectivity index (χ4v) is 3.17. The summed E-state index contributed by atoms with van der Waals surface area (Å²) in [7, 11) is 3.18. The number of nitrogens with two attached hydrogens (primary N) is 1. The van der Waals surface area contributed by atoms with Crippen molar-refractivity contribution in [2.45, 2.75) is 26.3 Å². The van der Waals surface area contributed by atoms with E-state index in [0.717, 1.165) is 17.0 Å². The Morgan fingerprint density at radius 3 is 2.67 bits per heavy atom. The highest BCUT2D eigenvalue weighted by Crippen LogP contribution is 2.34. The van der Waals surface area contributed by atoms with Gasteiger partial charge in [0.15, 0.2) is 11.5 Å². The first kappa shape index (κ1) is 18.2. The largest absolute Gasteiger partial charge is 0.493 e. The first-order valence-corrected chi connectivity index (χ1v) is 8.51. The van der Waals surface area contributed by atoms with Crippen LogP contribution < -0.4 is 20.5 Å². The Labute approximate surface area is 146 Å². The van der Waals surface area contributed by atoms with E-state index in [0.29, 0.717) is 28.6 Å². The lowest BCUT2D eigenvalue weighted by molar-refractivity contribution is 0.0956. The van der Waals surface area contributed by atoms with Gasteiger partial charge in [0.1, 0.15) is 9.88 Å². The van der Waals surface area contributed by atoms with E-state index in [1.807, 2.05) is 32.0 Å². The van der Waals surface area contributed by atoms with Gasteiger partial charge in [-0.1, -0.05) is 0 Å². The summed E-state index contributed by atoms with van der Waals surface area (Å²) >= 11 is 1.36.